The number of hydrazine groups is 1. The van der Waals surface area contributed by atoms with Gasteiger partial charge in [-0.2, -0.15) is 5.01 Å². The predicted octanol–water partition coefficient (Wildman–Crippen LogP) is 6.29. The molecule has 0 unspecified atom stereocenters. The number of carbonyl (C=O) groups is 4. The maximum Gasteiger partial charge on any atom is 0.275 e. The van der Waals surface area contributed by atoms with Gasteiger partial charge in [-0.25, -0.2) is 9.40 Å². The van der Waals surface area contributed by atoms with Crippen molar-refractivity contribution in [1.29, 1.82) is 0 Å². The molecule has 0 radical (unpaired) electrons. The molecule has 37 heavy (non-hydrogen) atoms. The highest BCUT2D eigenvalue weighted by molar-refractivity contribution is 9.12. The van der Waals surface area contributed by atoms with Gasteiger partial charge in [0.15, 0.2) is 5.78 Å². The standard InChI is InChI=1S/C25H20Br2Cl3FN2O4/c26-18-10-16-17(11-19(18)27)25(37)33(24(16)36)32(23(35)15-6-3-13(29)9-20(15)30)21(7-8-28)22(34)12-1-4-14(31)5-2-12/h1-6,9,16-19,21H,7-8,10-11H2/t16-,17+,18+,19-,21-/m0/s1. The fourth-order valence-electron chi connectivity index (χ4n) is 4.72. The second kappa shape index (κ2) is 11.7. The largest absolute Gasteiger partial charge is 0.292 e. The topological polar surface area (TPSA) is 74.8 Å². The van der Waals surface area contributed by atoms with E-state index in [-0.39, 0.29) is 43.1 Å². The average molecular weight is 698 g/mol. The summed E-state index contributed by atoms with van der Waals surface area (Å²) in [4.78, 5) is 54.8. The molecule has 196 valence electrons. The van der Waals surface area contributed by atoms with E-state index in [4.69, 9.17) is 34.8 Å². The minimum Gasteiger partial charge on any atom is -0.292 e. The van der Waals surface area contributed by atoms with Gasteiger partial charge in [0.2, 0.25) is 0 Å². The van der Waals surface area contributed by atoms with Crippen molar-refractivity contribution in [3.8, 4) is 0 Å². The molecule has 0 bridgehead atoms. The Kier molecular flexibility index (Phi) is 9.01. The van der Waals surface area contributed by atoms with Gasteiger partial charge >= 0.3 is 0 Å². The number of halogens is 6. The average Bonchev–Trinajstić information content (AvgIpc) is 3.08. The van der Waals surface area contributed by atoms with Gasteiger partial charge < -0.3 is 0 Å². The lowest BCUT2D eigenvalue weighted by molar-refractivity contribution is -0.156. The number of nitrogens with zero attached hydrogens (tertiary/aromatic N) is 2. The highest BCUT2D eigenvalue weighted by atomic mass is 79.9. The summed E-state index contributed by atoms with van der Waals surface area (Å²) in [6, 6.07) is 7.58. The lowest BCUT2D eigenvalue weighted by atomic mass is 9.81. The SMILES string of the molecule is O=C(c1ccc(F)cc1)[C@H](CCCl)N(C(=O)c1ccc(Cl)cc1Cl)N1C(=O)[C@H]2C[C@@H](Br)[C@@H](Br)C[C@H]2C1=O. The fraction of sp³-hybridized carbons (Fsp3) is 0.360. The first-order chi connectivity index (χ1) is 17.5. The van der Waals surface area contributed by atoms with Crippen molar-refractivity contribution in [3.63, 3.8) is 0 Å². The highest BCUT2D eigenvalue weighted by Gasteiger charge is 2.56. The van der Waals surface area contributed by atoms with E-state index in [0.29, 0.717) is 12.8 Å². The number of imide groups is 1. The Morgan fingerprint density at radius 3 is 2.08 bits per heavy atom. The third-order valence-electron chi connectivity index (χ3n) is 6.58. The Bertz CT molecular complexity index is 1220. The normalized spacial score (nSPS) is 24.1. The number of fused-ring (bicyclic) bond motifs is 1. The van der Waals surface area contributed by atoms with Gasteiger partial charge in [0.05, 0.1) is 22.4 Å². The van der Waals surface area contributed by atoms with Crippen LogP contribution in [-0.2, 0) is 9.59 Å². The first-order valence-electron chi connectivity index (χ1n) is 11.3. The molecule has 6 nitrogen and oxygen atoms in total. The summed E-state index contributed by atoms with van der Waals surface area (Å²) < 4.78 is 13.5. The number of alkyl halides is 3. The minimum atomic E-state index is -1.34. The Labute approximate surface area is 244 Å². The van der Waals surface area contributed by atoms with Gasteiger partial charge in [0.1, 0.15) is 11.9 Å². The Hall–Kier alpha value is -1.52. The number of amides is 3. The number of rotatable bonds is 7. The molecule has 1 aliphatic carbocycles. The van der Waals surface area contributed by atoms with Gasteiger partial charge in [0.25, 0.3) is 17.7 Å². The van der Waals surface area contributed by atoms with Crippen molar-refractivity contribution < 1.29 is 23.6 Å². The van der Waals surface area contributed by atoms with E-state index in [9.17, 15) is 23.6 Å². The van der Waals surface area contributed by atoms with Crippen LogP contribution in [0.4, 0.5) is 4.39 Å². The minimum absolute atomic E-state index is 0.0149. The van der Waals surface area contributed by atoms with Crippen LogP contribution in [0.2, 0.25) is 10.0 Å². The summed E-state index contributed by atoms with van der Waals surface area (Å²) >= 11 is 25.5. The molecule has 0 aromatic heterocycles. The van der Waals surface area contributed by atoms with Gasteiger partial charge in [-0.15, -0.1) is 11.6 Å². The summed E-state index contributed by atoms with van der Waals surface area (Å²) in [5.41, 5.74) is 0.0406. The van der Waals surface area contributed by atoms with E-state index in [2.05, 4.69) is 31.9 Å². The number of hydrogen-bond acceptors (Lipinski definition) is 4. The molecule has 2 aromatic rings. The lowest BCUT2D eigenvalue weighted by Gasteiger charge is -2.36. The van der Waals surface area contributed by atoms with Crippen LogP contribution in [0.15, 0.2) is 42.5 Å². The highest BCUT2D eigenvalue weighted by Crippen LogP contribution is 2.44. The van der Waals surface area contributed by atoms with Crippen LogP contribution >= 0.6 is 66.7 Å². The molecule has 1 heterocycles. The number of Topliss-reactive ketones (excluding diaryl/α,β-unsaturated/α-hetero) is 1. The zero-order valence-electron chi connectivity index (χ0n) is 19.1. The summed E-state index contributed by atoms with van der Waals surface area (Å²) in [5, 5.41) is 1.92. The number of carbonyl (C=O) groups excluding carboxylic acids is 4. The van der Waals surface area contributed by atoms with Crippen LogP contribution in [0.1, 0.15) is 40.0 Å². The predicted molar refractivity (Wildman–Crippen MR) is 146 cm³/mol. The van der Waals surface area contributed by atoms with Gasteiger partial charge in [-0.05, 0) is 61.7 Å². The van der Waals surface area contributed by atoms with Gasteiger partial charge in [0, 0.05) is 26.1 Å². The van der Waals surface area contributed by atoms with E-state index < -0.39 is 47.2 Å². The maximum atomic E-state index is 14.0. The van der Waals surface area contributed by atoms with Crippen molar-refractivity contribution >= 4 is 90.2 Å². The van der Waals surface area contributed by atoms with Crippen molar-refractivity contribution in [2.75, 3.05) is 5.88 Å². The molecular weight excluding hydrogens is 677 g/mol. The van der Waals surface area contributed by atoms with Crippen LogP contribution in [0.3, 0.4) is 0 Å². The molecule has 5 atom stereocenters. The van der Waals surface area contributed by atoms with E-state index in [0.717, 1.165) is 22.2 Å². The summed E-state index contributed by atoms with van der Waals surface area (Å²) in [7, 11) is 0. The lowest BCUT2D eigenvalue weighted by Crippen LogP contribution is -2.57. The quantitative estimate of drug-likeness (QED) is 0.194. The Balaban J connectivity index is 1.83. The molecule has 1 saturated carbocycles. The van der Waals surface area contributed by atoms with Crippen LogP contribution in [-0.4, -0.2) is 55.1 Å². The molecule has 0 N–H and O–H groups in total. The monoisotopic (exact) mass is 694 g/mol. The summed E-state index contributed by atoms with van der Waals surface area (Å²) in [6.07, 6.45) is 0.665. The fourth-order valence-corrected chi connectivity index (χ4v) is 6.66. The van der Waals surface area contributed by atoms with Crippen molar-refractivity contribution in [2.24, 2.45) is 11.8 Å². The van der Waals surface area contributed by atoms with Crippen LogP contribution in [0, 0.1) is 17.7 Å². The number of ketones is 1. The molecule has 3 amide bonds. The first-order valence-corrected chi connectivity index (χ1v) is 14.5. The molecule has 4 rings (SSSR count). The van der Waals surface area contributed by atoms with Crippen LogP contribution in [0.25, 0.3) is 0 Å². The maximum absolute atomic E-state index is 14.0. The van der Waals surface area contributed by atoms with Crippen molar-refractivity contribution in [2.45, 2.75) is 35.0 Å². The number of benzene rings is 2. The molecule has 2 aliphatic rings. The van der Waals surface area contributed by atoms with Crippen molar-refractivity contribution in [1.82, 2.24) is 10.0 Å². The van der Waals surface area contributed by atoms with E-state index in [1.807, 2.05) is 0 Å². The summed E-state index contributed by atoms with van der Waals surface area (Å²) in [5.74, 6) is -4.55. The van der Waals surface area contributed by atoms with E-state index in [1.54, 1.807) is 0 Å². The second-order valence-corrected chi connectivity index (χ2v) is 12.4. The van der Waals surface area contributed by atoms with Gasteiger partial charge in [-0.3, -0.25) is 19.2 Å². The molecule has 2 fully saturated rings. The summed E-state index contributed by atoms with van der Waals surface area (Å²) in [6.45, 7) is 0. The molecule has 1 aliphatic heterocycles. The van der Waals surface area contributed by atoms with Gasteiger partial charge in [-0.1, -0.05) is 55.1 Å². The Morgan fingerprint density at radius 2 is 1.57 bits per heavy atom. The van der Waals surface area contributed by atoms with Crippen LogP contribution < -0.4 is 0 Å². The zero-order valence-corrected chi connectivity index (χ0v) is 24.5. The number of hydrogen-bond donors (Lipinski definition) is 0. The van der Waals surface area contributed by atoms with Crippen molar-refractivity contribution in [3.05, 3.63) is 69.5 Å². The van der Waals surface area contributed by atoms with Crippen LogP contribution in [0.5, 0.6) is 0 Å². The molecular formula is C25H20Br2Cl3FN2O4. The Morgan fingerprint density at radius 1 is 1.00 bits per heavy atom. The second-order valence-electron chi connectivity index (χ2n) is 8.84. The molecule has 1 saturated heterocycles. The first kappa shape index (κ1) is 28.5. The smallest absolute Gasteiger partial charge is 0.275 e. The molecule has 0 spiro atoms. The van der Waals surface area contributed by atoms with E-state index >= 15 is 0 Å². The third-order valence-corrected chi connectivity index (χ3v) is 10.1. The molecule has 12 heteroatoms. The third kappa shape index (κ3) is 5.62. The van der Waals surface area contributed by atoms with E-state index in [1.165, 1.54) is 30.3 Å². The zero-order chi connectivity index (χ0) is 27.0. The molecule has 2 aromatic carbocycles.